The zero-order valence-electron chi connectivity index (χ0n) is 15.0. The van der Waals surface area contributed by atoms with Gasteiger partial charge in [-0.15, -0.1) is 8.61 Å². The van der Waals surface area contributed by atoms with Gasteiger partial charge in [-0.1, -0.05) is 32.7 Å². The SMILES string of the molecule is O=[S+]([O-])(c1cc2ccccc2o1)N1CCN([S+](=O)([O-])c2c(F)cccc2F)CC1. The summed E-state index contributed by atoms with van der Waals surface area (Å²) in [5.74, 6) is -2.38. The van der Waals surface area contributed by atoms with Gasteiger partial charge in [-0.2, -0.15) is 0 Å². The second-order valence-electron chi connectivity index (χ2n) is 6.46. The molecular weight excluding hydrogens is 426 g/mol. The second-order valence-corrected chi connectivity index (χ2v) is 10.2. The summed E-state index contributed by atoms with van der Waals surface area (Å²) in [6.45, 7) is -0.825. The molecule has 29 heavy (non-hydrogen) atoms. The molecule has 0 N–H and O–H groups in total. The van der Waals surface area contributed by atoms with Gasteiger partial charge >= 0.3 is 5.09 Å². The zero-order chi connectivity index (χ0) is 20.8. The Bertz CT molecular complexity index is 1110. The number of piperazine rings is 1. The van der Waals surface area contributed by atoms with Crippen LogP contribution >= 0.6 is 0 Å². The molecule has 0 spiro atoms. The molecule has 2 unspecified atom stereocenters. The van der Waals surface area contributed by atoms with E-state index < -0.39 is 37.3 Å². The molecule has 154 valence electrons. The van der Waals surface area contributed by atoms with Crippen LogP contribution in [-0.4, -0.2) is 43.9 Å². The van der Waals surface area contributed by atoms with Crippen LogP contribution in [0.2, 0.25) is 0 Å². The highest BCUT2D eigenvalue weighted by molar-refractivity contribution is 7.95. The van der Waals surface area contributed by atoms with Gasteiger partial charge in [0.05, 0.1) is 26.2 Å². The van der Waals surface area contributed by atoms with E-state index in [1.807, 2.05) is 0 Å². The van der Waals surface area contributed by atoms with Crippen molar-refractivity contribution >= 4 is 31.8 Å². The van der Waals surface area contributed by atoms with Gasteiger partial charge in [0.1, 0.15) is 5.58 Å². The summed E-state index contributed by atoms with van der Waals surface area (Å²) in [6, 6.07) is 11.0. The van der Waals surface area contributed by atoms with E-state index in [0.29, 0.717) is 11.0 Å². The lowest BCUT2D eigenvalue weighted by molar-refractivity contribution is 0.235. The van der Waals surface area contributed by atoms with Crippen LogP contribution in [0, 0.1) is 11.6 Å². The van der Waals surface area contributed by atoms with Gasteiger partial charge in [0.15, 0.2) is 32.4 Å². The van der Waals surface area contributed by atoms with E-state index in [1.165, 1.54) is 6.07 Å². The average Bonchev–Trinajstić information content (AvgIpc) is 3.13. The molecule has 1 fully saturated rings. The lowest BCUT2D eigenvalue weighted by Gasteiger charge is -2.35. The Morgan fingerprint density at radius 2 is 1.38 bits per heavy atom. The highest BCUT2D eigenvalue weighted by atomic mass is 32.3. The van der Waals surface area contributed by atoms with Crippen LogP contribution in [0.5, 0.6) is 0 Å². The first kappa shape index (κ1) is 20.3. The Morgan fingerprint density at radius 1 is 0.828 bits per heavy atom. The highest BCUT2D eigenvalue weighted by Gasteiger charge is 2.43. The van der Waals surface area contributed by atoms with E-state index in [1.54, 1.807) is 24.3 Å². The molecule has 2 aromatic carbocycles. The first-order valence-corrected chi connectivity index (χ1v) is 11.5. The molecular formula is C18H16F2N2O5S2. The maximum atomic E-state index is 13.9. The summed E-state index contributed by atoms with van der Waals surface area (Å²) in [5, 5.41) is 0.387. The first-order chi connectivity index (χ1) is 13.7. The third-order valence-electron chi connectivity index (χ3n) is 4.71. The third kappa shape index (κ3) is 3.54. The summed E-state index contributed by atoms with van der Waals surface area (Å²) < 4.78 is 86.2. The van der Waals surface area contributed by atoms with Gasteiger partial charge in [-0.3, -0.25) is 0 Å². The van der Waals surface area contributed by atoms with Gasteiger partial charge in [-0.25, -0.2) is 8.78 Å². The fraction of sp³-hybridized carbons (Fsp3) is 0.222. The van der Waals surface area contributed by atoms with Gasteiger partial charge < -0.3 is 13.5 Å². The van der Waals surface area contributed by atoms with Gasteiger partial charge in [0, 0.05) is 11.5 Å². The molecule has 1 saturated heterocycles. The zero-order valence-corrected chi connectivity index (χ0v) is 16.6. The van der Waals surface area contributed by atoms with E-state index in [9.17, 15) is 26.3 Å². The maximum absolute atomic E-state index is 13.9. The molecule has 0 amide bonds. The van der Waals surface area contributed by atoms with E-state index in [4.69, 9.17) is 4.42 Å². The Balaban J connectivity index is 1.54. The number of furan rings is 1. The minimum atomic E-state index is -4.44. The van der Waals surface area contributed by atoms with Crippen LogP contribution in [0.25, 0.3) is 11.0 Å². The third-order valence-corrected chi connectivity index (χ3v) is 8.42. The number of hydrogen-bond acceptors (Lipinski definition) is 5. The van der Waals surface area contributed by atoms with Gasteiger partial charge in [-0.05, 0) is 18.2 Å². The number of hydrogen-bond donors (Lipinski definition) is 0. The molecule has 0 saturated carbocycles. The lowest BCUT2D eigenvalue weighted by Crippen LogP contribution is -2.53. The Kier molecular flexibility index (Phi) is 5.13. The molecule has 4 rings (SSSR count). The maximum Gasteiger partial charge on any atom is 0.334 e. The summed E-state index contributed by atoms with van der Waals surface area (Å²) in [5.41, 5.74) is 0.419. The van der Waals surface area contributed by atoms with Crippen LogP contribution in [0.15, 0.2) is 62.9 Å². The molecule has 2 heterocycles. The van der Waals surface area contributed by atoms with Gasteiger partial charge in [0.2, 0.25) is 4.90 Å². The van der Waals surface area contributed by atoms with Crippen molar-refractivity contribution in [3.8, 4) is 0 Å². The summed E-state index contributed by atoms with van der Waals surface area (Å²) in [7, 11) is -8.42. The molecule has 0 aliphatic carbocycles. The van der Waals surface area contributed by atoms with Crippen LogP contribution in [0.4, 0.5) is 8.78 Å². The fourth-order valence-electron chi connectivity index (χ4n) is 3.22. The molecule has 1 aliphatic rings. The van der Waals surface area contributed by atoms with Crippen molar-refractivity contribution in [1.29, 1.82) is 0 Å². The molecule has 3 aromatic rings. The Morgan fingerprint density at radius 3 is 1.97 bits per heavy atom. The molecule has 1 aliphatic heterocycles. The minimum Gasteiger partial charge on any atom is -0.593 e. The quantitative estimate of drug-likeness (QED) is 0.579. The predicted octanol–water partition coefficient (Wildman–Crippen LogP) is 2.84. The number of halogens is 2. The van der Waals surface area contributed by atoms with Crippen LogP contribution in [-0.2, 0) is 29.2 Å². The number of para-hydroxylation sites is 1. The highest BCUT2D eigenvalue weighted by Crippen LogP contribution is 2.32. The Hall–Kier alpha value is -2.02. The molecule has 1 aromatic heterocycles. The molecule has 0 radical (unpaired) electrons. The molecule has 2 atom stereocenters. The number of nitrogens with zero attached hydrogens (tertiary/aromatic N) is 2. The number of sulfonamides is 2. The topological polar surface area (TPSA) is 99.9 Å². The van der Waals surface area contributed by atoms with Crippen molar-refractivity contribution in [2.75, 3.05) is 26.2 Å². The largest absolute Gasteiger partial charge is 0.593 e. The van der Waals surface area contributed by atoms with Crippen molar-refractivity contribution in [2.45, 2.75) is 9.99 Å². The smallest absolute Gasteiger partial charge is 0.334 e. The first-order valence-electron chi connectivity index (χ1n) is 8.64. The number of rotatable bonds is 4. The van der Waals surface area contributed by atoms with Crippen LogP contribution in [0.3, 0.4) is 0 Å². The molecule has 11 heteroatoms. The fourth-order valence-corrected chi connectivity index (χ4v) is 6.12. The van der Waals surface area contributed by atoms with Gasteiger partial charge in [0.25, 0.3) is 0 Å². The molecule has 0 bridgehead atoms. The molecule has 7 nitrogen and oxygen atoms in total. The van der Waals surface area contributed by atoms with E-state index in [2.05, 4.69) is 0 Å². The second kappa shape index (κ2) is 7.35. The van der Waals surface area contributed by atoms with Crippen LogP contribution < -0.4 is 0 Å². The summed E-state index contributed by atoms with van der Waals surface area (Å²) >= 11 is 0. The van der Waals surface area contributed by atoms with E-state index >= 15 is 0 Å². The summed E-state index contributed by atoms with van der Waals surface area (Å²) in [6.07, 6.45) is 0. The van der Waals surface area contributed by atoms with Crippen molar-refractivity contribution < 1.29 is 30.7 Å². The van der Waals surface area contributed by atoms with E-state index in [0.717, 1.165) is 26.8 Å². The standard InChI is InChI=1S/C18H16F2N2O5S2/c19-14-5-3-6-15(20)18(14)29(25,26)22-10-8-21(9-11-22)28(23,24)17-12-13-4-1-2-7-16(13)27-17/h1-7,12H,8-11H2. The van der Waals surface area contributed by atoms with Crippen molar-refractivity contribution in [2.24, 2.45) is 0 Å². The number of benzene rings is 2. The van der Waals surface area contributed by atoms with Crippen LogP contribution in [0.1, 0.15) is 0 Å². The van der Waals surface area contributed by atoms with Crippen molar-refractivity contribution in [1.82, 2.24) is 8.61 Å². The lowest BCUT2D eigenvalue weighted by atomic mass is 10.3. The summed E-state index contributed by atoms with van der Waals surface area (Å²) in [4.78, 5) is -1.03. The number of fused-ring (bicyclic) bond motifs is 1. The predicted molar refractivity (Wildman–Crippen MR) is 99.9 cm³/mol. The minimum absolute atomic E-state index is 0.172. The van der Waals surface area contributed by atoms with Crippen molar-refractivity contribution in [3.05, 3.63) is 60.2 Å². The average molecular weight is 442 g/mol. The normalized spacial score (nSPS) is 20.4. The van der Waals surface area contributed by atoms with E-state index in [-0.39, 0.29) is 31.3 Å². The Labute approximate surface area is 167 Å². The van der Waals surface area contributed by atoms with Crippen molar-refractivity contribution in [3.63, 3.8) is 0 Å². The monoisotopic (exact) mass is 442 g/mol.